The third kappa shape index (κ3) is 3.22. The van der Waals surface area contributed by atoms with Crippen LogP contribution in [0.5, 0.6) is 0 Å². The lowest BCUT2D eigenvalue weighted by Crippen LogP contribution is -2.43. The van der Waals surface area contributed by atoms with E-state index in [2.05, 4.69) is 35.6 Å². The van der Waals surface area contributed by atoms with Crippen LogP contribution in [0.25, 0.3) is 0 Å². The predicted octanol–water partition coefficient (Wildman–Crippen LogP) is 3.10. The summed E-state index contributed by atoms with van der Waals surface area (Å²) in [5.41, 5.74) is 1.35. The second-order valence-electron chi connectivity index (χ2n) is 5.90. The fraction of sp³-hybridized carbons (Fsp3) is 0.647. The third-order valence-electron chi connectivity index (χ3n) is 4.57. The Kier molecular flexibility index (Phi) is 4.71. The minimum absolute atomic E-state index is 0.243. The average Bonchev–Trinajstić information content (AvgIpc) is 2.96. The van der Waals surface area contributed by atoms with Crippen molar-refractivity contribution in [3.8, 4) is 0 Å². The molecule has 2 fully saturated rings. The van der Waals surface area contributed by atoms with E-state index in [0.717, 1.165) is 39.1 Å². The Bertz CT molecular complexity index is 401. The second kappa shape index (κ2) is 6.70. The van der Waals surface area contributed by atoms with Gasteiger partial charge in [-0.15, -0.1) is 0 Å². The molecule has 20 heavy (non-hydrogen) atoms. The predicted molar refractivity (Wildman–Crippen MR) is 79.4 cm³/mol. The van der Waals surface area contributed by atoms with E-state index < -0.39 is 0 Å². The molecule has 0 radical (unpaired) electrons. The number of ether oxygens (including phenoxy) is 2. The standard InChI is InChI=1S/C17H25NO2/c1-2-6-15(7-3-1)14-18-11-9-16-8-4-5-10-17(16)19-12-13-20-17/h1-3,6-7,16,18H,4-5,8-14H2. The summed E-state index contributed by atoms with van der Waals surface area (Å²) in [6, 6.07) is 10.6. The van der Waals surface area contributed by atoms with Crippen molar-refractivity contribution < 1.29 is 9.47 Å². The summed E-state index contributed by atoms with van der Waals surface area (Å²) in [5, 5.41) is 3.54. The van der Waals surface area contributed by atoms with E-state index in [1.54, 1.807) is 0 Å². The van der Waals surface area contributed by atoms with E-state index in [1.807, 2.05) is 0 Å². The zero-order chi connectivity index (χ0) is 13.7. The van der Waals surface area contributed by atoms with Gasteiger partial charge in [0.2, 0.25) is 0 Å². The molecule has 3 rings (SSSR count). The van der Waals surface area contributed by atoms with Crippen molar-refractivity contribution in [1.82, 2.24) is 5.32 Å². The van der Waals surface area contributed by atoms with Crippen LogP contribution < -0.4 is 5.32 Å². The van der Waals surface area contributed by atoms with Crippen molar-refractivity contribution in [2.24, 2.45) is 5.92 Å². The highest BCUT2D eigenvalue weighted by Gasteiger charge is 2.45. The zero-order valence-corrected chi connectivity index (χ0v) is 12.1. The molecule has 2 aliphatic rings. The van der Waals surface area contributed by atoms with E-state index in [0.29, 0.717) is 5.92 Å². The molecule has 0 bridgehead atoms. The maximum atomic E-state index is 5.96. The van der Waals surface area contributed by atoms with E-state index in [-0.39, 0.29) is 5.79 Å². The molecule has 1 aromatic carbocycles. The molecule has 0 amide bonds. The monoisotopic (exact) mass is 275 g/mol. The Balaban J connectivity index is 1.45. The van der Waals surface area contributed by atoms with Gasteiger partial charge < -0.3 is 14.8 Å². The molecule has 1 unspecified atom stereocenters. The van der Waals surface area contributed by atoms with Crippen LogP contribution in [0.15, 0.2) is 30.3 Å². The van der Waals surface area contributed by atoms with E-state index >= 15 is 0 Å². The molecule has 1 N–H and O–H groups in total. The summed E-state index contributed by atoms with van der Waals surface area (Å²) in [5.74, 6) is 0.314. The van der Waals surface area contributed by atoms with E-state index in [9.17, 15) is 0 Å². The Morgan fingerprint density at radius 1 is 1.10 bits per heavy atom. The average molecular weight is 275 g/mol. The van der Waals surface area contributed by atoms with Gasteiger partial charge in [-0.2, -0.15) is 0 Å². The molecule has 1 heterocycles. The molecular formula is C17H25NO2. The van der Waals surface area contributed by atoms with E-state index in [4.69, 9.17) is 9.47 Å². The highest BCUT2D eigenvalue weighted by atomic mass is 16.7. The molecule has 1 saturated carbocycles. The maximum Gasteiger partial charge on any atom is 0.171 e. The molecule has 3 heteroatoms. The molecular weight excluding hydrogens is 250 g/mol. The summed E-state index contributed by atoms with van der Waals surface area (Å²) in [4.78, 5) is 0. The van der Waals surface area contributed by atoms with Crippen LogP contribution in [0.1, 0.15) is 37.7 Å². The molecule has 110 valence electrons. The van der Waals surface area contributed by atoms with Gasteiger partial charge in [0.05, 0.1) is 13.2 Å². The highest BCUT2D eigenvalue weighted by molar-refractivity contribution is 5.14. The topological polar surface area (TPSA) is 30.5 Å². The summed E-state index contributed by atoms with van der Waals surface area (Å²) in [7, 11) is 0. The molecule has 1 spiro atoms. The number of benzene rings is 1. The van der Waals surface area contributed by atoms with Crippen molar-refractivity contribution in [1.29, 1.82) is 0 Å². The molecule has 3 nitrogen and oxygen atoms in total. The van der Waals surface area contributed by atoms with Crippen molar-refractivity contribution >= 4 is 0 Å². The second-order valence-corrected chi connectivity index (χ2v) is 5.90. The number of nitrogens with one attached hydrogen (secondary N) is 1. The lowest BCUT2D eigenvalue weighted by Gasteiger charge is -2.39. The maximum absolute atomic E-state index is 5.96. The Labute approximate surface area is 121 Å². The van der Waals surface area contributed by atoms with Gasteiger partial charge in [-0.05, 0) is 31.4 Å². The first-order valence-corrected chi connectivity index (χ1v) is 7.92. The minimum Gasteiger partial charge on any atom is -0.347 e. The van der Waals surface area contributed by atoms with Gasteiger partial charge in [-0.25, -0.2) is 0 Å². The van der Waals surface area contributed by atoms with Gasteiger partial charge in [0.15, 0.2) is 5.79 Å². The molecule has 1 aliphatic carbocycles. The van der Waals surface area contributed by atoms with Gasteiger partial charge >= 0.3 is 0 Å². The quantitative estimate of drug-likeness (QED) is 0.838. The summed E-state index contributed by atoms with van der Waals surface area (Å²) in [6.45, 7) is 3.53. The fourth-order valence-corrected chi connectivity index (χ4v) is 3.51. The smallest absolute Gasteiger partial charge is 0.171 e. The Morgan fingerprint density at radius 3 is 2.70 bits per heavy atom. The summed E-state index contributed by atoms with van der Waals surface area (Å²) >= 11 is 0. The van der Waals surface area contributed by atoms with Gasteiger partial charge in [-0.3, -0.25) is 0 Å². The molecule has 1 aliphatic heterocycles. The molecule has 0 aromatic heterocycles. The van der Waals surface area contributed by atoms with Crippen LogP contribution in [0.3, 0.4) is 0 Å². The van der Waals surface area contributed by atoms with Gasteiger partial charge in [0.1, 0.15) is 0 Å². The van der Waals surface area contributed by atoms with Crippen molar-refractivity contribution in [3.05, 3.63) is 35.9 Å². The first-order valence-electron chi connectivity index (χ1n) is 7.92. The Hall–Kier alpha value is -0.900. The number of rotatable bonds is 5. The van der Waals surface area contributed by atoms with Crippen molar-refractivity contribution in [2.75, 3.05) is 19.8 Å². The normalized spacial score (nSPS) is 25.1. The van der Waals surface area contributed by atoms with Crippen LogP contribution in [0.4, 0.5) is 0 Å². The van der Waals surface area contributed by atoms with Crippen LogP contribution >= 0.6 is 0 Å². The van der Waals surface area contributed by atoms with Crippen molar-refractivity contribution in [2.45, 2.75) is 44.4 Å². The molecule has 1 saturated heterocycles. The van der Waals surface area contributed by atoms with Gasteiger partial charge in [0, 0.05) is 18.9 Å². The minimum atomic E-state index is -0.243. The molecule has 1 aromatic rings. The first-order chi connectivity index (χ1) is 9.89. The van der Waals surface area contributed by atoms with E-state index in [1.165, 1.54) is 24.8 Å². The van der Waals surface area contributed by atoms with Crippen LogP contribution in [-0.2, 0) is 16.0 Å². The molecule has 1 atom stereocenters. The number of hydrogen-bond acceptors (Lipinski definition) is 3. The van der Waals surface area contributed by atoms with Gasteiger partial charge in [0.25, 0.3) is 0 Å². The highest BCUT2D eigenvalue weighted by Crippen LogP contribution is 2.41. The SMILES string of the molecule is c1ccc(CNCCC2CCCCC23OCCO3)cc1. The lowest BCUT2D eigenvalue weighted by atomic mass is 9.81. The number of hydrogen-bond donors (Lipinski definition) is 1. The van der Waals surface area contributed by atoms with Crippen molar-refractivity contribution in [3.63, 3.8) is 0 Å². The van der Waals surface area contributed by atoms with Crippen LogP contribution in [0.2, 0.25) is 0 Å². The summed E-state index contributed by atoms with van der Waals surface area (Å²) in [6.07, 6.45) is 6.03. The summed E-state index contributed by atoms with van der Waals surface area (Å²) < 4.78 is 11.9. The van der Waals surface area contributed by atoms with Crippen LogP contribution in [-0.4, -0.2) is 25.5 Å². The van der Waals surface area contributed by atoms with Crippen LogP contribution in [0, 0.1) is 5.92 Å². The zero-order valence-electron chi connectivity index (χ0n) is 12.1. The fourth-order valence-electron chi connectivity index (χ4n) is 3.51. The largest absolute Gasteiger partial charge is 0.347 e. The first kappa shape index (κ1) is 14.1. The van der Waals surface area contributed by atoms with Gasteiger partial charge in [-0.1, -0.05) is 36.8 Å². The third-order valence-corrected chi connectivity index (χ3v) is 4.57. The lowest BCUT2D eigenvalue weighted by molar-refractivity contribution is -0.213. The Morgan fingerprint density at radius 2 is 1.90 bits per heavy atom.